The summed E-state index contributed by atoms with van der Waals surface area (Å²) in [4.78, 5) is 8.20. The second-order valence-electron chi connectivity index (χ2n) is 4.53. The summed E-state index contributed by atoms with van der Waals surface area (Å²) >= 11 is 0. The molecule has 0 amide bonds. The van der Waals surface area contributed by atoms with E-state index in [0.717, 1.165) is 11.3 Å². The van der Waals surface area contributed by atoms with Gasteiger partial charge >= 0.3 is 0 Å². The molecule has 1 unspecified atom stereocenters. The number of nitrogens with zero attached hydrogens (tertiary/aromatic N) is 2. The molecule has 18 heavy (non-hydrogen) atoms. The van der Waals surface area contributed by atoms with Crippen molar-refractivity contribution in [2.24, 2.45) is 5.84 Å². The van der Waals surface area contributed by atoms with Crippen LogP contribution in [0.2, 0.25) is 0 Å². The Labute approximate surface area is 107 Å². The van der Waals surface area contributed by atoms with Crippen LogP contribution in [0.1, 0.15) is 34.0 Å². The van der Waals surface area contributed by atoms with Crippen LogP contribution < -0.4 is 11.3 Å². The molecule has 94 valence electrons. The topological polar surface area (TPSA) is 63.8 Å². The summed E-state index contributed by atoms with van der Waals surface area (Å²) in [5, 5.41) is 0. The number of aryl methyl sites for hydroxylation is 3. The van der Waals surface area contributed by atoms with Crippen LogP contribution in [0.25, 0.3) is 0 Å². The van der Waals surface area contributed by atoms with Crippen molar-refractivity contribution >= 4 is 0 Å². The van der Waals surface area contributed by atoms with Crippen LogP contribution in [0.15, 0.2) is 30.7 Å². The molecular formula is C14H18N4. The van der Waals surface area contributed by atoms with E-state index in [1.165, 1.54) is 23.0 Å². The van der Waals surface area contributed by atoms with Crippen molar-refractivity contribution in [2.75, 3.05) is 0 Å². The van der Waals surface area contributed by atoms with Crippen LogP contribution in [-0.2, 0) is 0 Å². The van der Waals surface area contributed by atoms with Crippen LogP contribution >= 0.6 is 0 Å². The van der Waals surface area contributed by atoms with Gasteiger partial charge < -0.3 is 0 Å². The van der Waals surface area contributed by atoms with Crippen LogP contribution in [0.5, 0.6) is 0 Å². The molecular weight excluding hydrogens is 224 g/mol. The molecule has 1 aromatic heterocycles. The van der Waals surface area contributed by atoms with Crippen LogP contribution in [0.4, 0.5) is 0 Å². The lowest BCUT2D eigenvalue weighted by molar-refractivity contribution is 0.615. The van der Waals surface area contributed by atoms with Gasteiger partial charge in [0.05, 0.1) is 11.7 Å². The van der Waals surface area contributed by atoms with Gasteiger partial charge in [-0.25, -0.2) is 15.4 Å². The maximum absolute atomic E-state index is 5.68. The molecule has 3 N–H and O–H groups in total. The molecule has 0 radical (unpaired) electrons. The molecule has 2 aromatic rings. The molecule has 1 aromatic carbocycles. The Morgan fingerprint density at radius 1 is 1.11 bits per heavy atom. The van der Waals surface area contributed by atoms with Gasteiger partial charge in [-0.1, -0.05) is 12.1 Å². The second-order valence-corrected chi connectivity index (χ2v) is 4.53. The molecule has 0 fully saturated rings. The van der Waals surface area contributed by atoms with Gasteiger partial charge in [0.2, 0.25) is 0 Å². The maximum Gasteiger partial charge on any atom is 0.115 e. The highest BCUT2D eigenvalue weighted by Crippen LogP contribution is 2.25. The number of nitrogens with two attached hydrogens (primary N) is 1. The van der Waals surface area contributed by atoms with Gasteiger partial charge in [-0.3, -0.25) is 5.84 Å². The van der Waals surface area contributed by atoms with Crippen molar-refractivity contribution in [3.8, 4) is 0 Å². The van der Waals surface area contributed by atoms with E-state index in [1.807, 2.05) is 6.07 Å². The molecule has 4 nitrogen and oxygen atoms in total. The van der Waals surface area contributed by atoms with E-state index in [1.54, 1.807) is 6.20 Å². The molecule has 4 heteroatoms. The summed E-state index contributed by atoms with van der Waals surface area (Å²) < 4.78 is 0. The average Bonchev–Trinajstić information content (AvgIpc) is 2.38. The number of aromatic nitrogens is 2. The van der Waals surface area contributed by atoms with Crippen molar-refractivity contribution in [1.29, 1.82) is 0 Å². The van der Waals surface area contributed by atoms with Gasteiger partial charge in [-0.15, -0.1) is 0 Å². The monoisotopic (exact) mass is 242 g/mol. The molecule has 0 aliphatic heterocycles. The normalized spacial score (nSPS) is 12.4. The van der Waals surface area contributed by atoms with E-state index in [-0.39, 0.29) is 6.04 Å². The third kappa shape index (κ3) is 2.39. The standard InChI is InChI=1S/C14H18N4/c1-9-6-11(3)12(7-10(9)2)14(18-15)13-4-5-16-8-17-13/h4-8,14,18H,15H2,1-3H3. The predicted molar refractivity (Wildman–Crippen MR) is 71.9 cm³/mol. The molecule has 0 aliphatic rings. The lowest BCUT2D eigenvalue weighted by atomic mass is 9.94. The molecule has 2 rings (SSSR count). The van der Waals surface area contributed by atoms with Crippen LogP contribution in [-0.4, -0.2) is 9.97 Å². The number of hydrogen-bond acceptors (Lipinski definition) is 4. The number of benzene rings is 1. The molecule has 1 heterocycles. The Hall–Kier alpha value is -1.78. The van der Waals surface area contributed by atoms with Crippen molar-refractivity contribution < 1.29 is 0 Å². The Bertz CT molecular complexity index is 537. The third-order valence-corrected chi connectivity index (χ3v) is 3.26. The largest absolute Gasteiger partial charge is 0.271 e. The van der Waals surface area contributed by atoms with Crippen molar-refractivity contribution in [3.05, 3.63) is 58.7 Å². The summed E-state index contributed by atoms with van der Waals surface area (Å²) in [7, 11) is 0. The summed E-state index contributed by atoms with van der Waals surface area (Å²) in [5.74, 6) is 5.68. The van der Waals surface area contributed by atoms with Crippen molar-refractivity contribution in [3.63, 3.8) is 0 Å². The highest BCUT2D eigenvalue weighted by Gasteiger charge is 2.16. The van der Waals surface area contributed by atoms with E-state index in [9.17, 15) is 0 Å². The van der Waals surface area contributed by atoms with Gasteiger partial charge in [-0.05, 0) is 49.1 Å². The zero-order valence-corrected chi connectivity index (χ0v) is 10.9. The van der Waals surface area contributed by atoms with E-state index < -0.39 is 0 Å². The molecule has 0 saturated carbocycles. The van der Waals surface area contributed by atoms with Gasteiger partial charge in [0.25, 0.3) is 0 Å². The Morgan fingerprint density at radius 3 is 2.44 bits per heavy atom. The maximum atomic E-state index is 5.68. The zero-order chi connectivity index (χ0) is 13.1. The number of hydrazine groups is 1. The fraction of sp³-hybridized carbons (Fsp3) is 0.286. The summed E-state index contributed by atoms with van der Waals surface area (Å²) in [5.41, 5.74) is 8.61. The number of hydrogen-bond donors (Lipinski definition) is 2. The molecule has 0 saturated heterocycles. The lowest BCUT2D eigenvalue weighted by Gasteiger charge is -2.19. The average molecular weight is 242 g/mol. The first-order valence-corrected chi connectivity index (χ1v) is 5.93. The SMILES string of the molecule is Cc1cc(C)c(C(NN)c2ccncn2)cc1C. The van der Waals surface area contributed by atoms with Crippen LogP contribution in [0.3, 0.4) is 0 Å². The van der Waals surface area contributed by atoms with Gasteiger partial charge in [0, 0.05) is 6.20 Å². The highest BCUT2D eigenvalue weighted by molar-refractivity contribution is 5.40. The third-order valence-electron chi connectivity index (χ3n) is 3.26. The minimum Gasteiger partial charge on any atom is -0.271 e. The first-order valence-electron chi connectivity index (χ1n) is 5.93. The van der Waals surface area contributed by atoms with Gasteiger partial charge in [0.1, 0.15) is 6.33 Å². The van der Waals surface area contributed by atoms with Gasteiger partial charge in [-0.2, -0.15) is 0 Å². The Balaban J connectivity index is 2.49. The summed E-state index contributed by atoms with van der Waals surface area (Å²) in [6, 6.07) is 6.11. The first-order chi connectivity index (χ1) is 8.63. The van der Waals surface area contributed by atoms with E-state index in [0.29, 0.717) is 0 Å². The van der Waals surface area contributed by atoms with E-state index in [2.05, 4.69) is 48.3 Å². The first kappa shape index (κ1) is 12.7. The van der Waals surface area contributed by atoms with Crippen molar-refractivity contribution in [2.45, 2.75) is 26.8 Å². The summed E-state index contributed by atoms with van der Waals surface area (Å²) in [6.45, 7) is 6.31. The van der Waals surface area contributed by atoms with Gasteiger partial charge in [0.15, 0.2) is 0 Å². The Morgan fingerprint density at radius 2 is 1.83 bits per heavy atom. The zero-order valence-electron chi connectivity index (χ0n) is 10.9. The second kappa shape index (κ2) is 5.25. The lowest BCUT2D eigenvalue weighted by Crippen LogP contribution is -2.30. The summed E-state index contributed by atoms with van der Waals surface area (Å²) in [6.07, 6.45) is 3.26. The molecule has 0 bridgehead atoms. The van der Waals surface area contributed by atoms with Crippen molar-refractivity contribution in [1.82, 2.24) is 15.4 Å². The molecule has 1 atom stereocenters. The highest BCUT2D eigenvalue weighted by atomic mass is 15.2. The fourth-order valence-corrected chi connectivity index (χ4v) is 2.10. The van der Waals surface area contributed by atoms with Crippen LogP contribution in [0, 0.1) is 20.8 Å². The van der Waals surface area contributed by atoms with E-state index >= 15 is 0 Å². The predicted octanol–water partition coefficient (Wildman–Crippen LogP) is 1.95. The Kier molecular flexibility index (Phi) is 3.69. The number of nitrogens with one attached hydrogen (secondary N) is 1. The molecule has 0 spiro atoms. The van der Waals surface area contributed by atoms with E-state index in [4.69, 9.17) is 5.84 Å². The quantitative estimate of drug-likeness (QED) is 0.638. The minimum atomic E-state index is -0.104. The fourth-order valence-electron chi connectivity index (χ4n) is 2.10. The smallest absolute Gasteiger partial charge is 0.115 e. The minimum absolute atomic E-state index is 0.104. The number of rotatable bonds is 3. The molecule has 0 aliphatic carbocycles.